The van der Waals surface area contributed by atoms with Gasteiger partial charge >= 0.3 is 0 Å². The number of halogens is 1. The molecule has 0 bridgehead atoms. The summed E-state index contributed by atoms with van der Waals surface area (Å²) in [5.41, 5.74) is 0.191. The Labute approximate surface area is 125 Å². The highest BCUT2D eigenvalue weighted by Gasteiger charge is 2.22. The summed E-state index contributed by atoms with van der Waals surface area (Å²) in [6.07, 6.45) is 0. The summed E-state index contributed by atoms with van der Waals surface area (Å²) in [5, 5.41) is 5.79. The fourth-order valence-electron chi connectivity index (χ4n) is 1.82. The molecule has 18 heavy (non-hydrogen) atoms. The van der Waals surface area contributed by atoms with E-state index < -0.39 is 0 Å². The average molecular weight is 344 g/mol. The number of hydrogen-bond donors (Lipinski definition) is 1. The zero-order valence-corrected chi connectivity index (χ0v) is 14.1. The van der Waals surface area contributed by atoms with Crippen LogP contribution in [0.25, 0.3) is 0 Å². The SMILES string of the molecule is CC(NCC(C)(C)c1cccs1)c1ccc(Br)s1. The van der Waals surface area contributed by atoms with Crippen molar-refractivity contribution in [1.29, 1.82) is 0 Å². The minimum absolute atomic E-state index is 0.191. The molecule has 1 atom stereocenters. The van der Waals surface area contributed by atoms with Gasteiger partial charge in [-0.2, -0.15) is 0 Å². The molecule has 0 aliphatic rings. The second-order valence-corrected chi connectivity index (χ2v) is 8.55. The van der Waals surface area contributed by atoms with Gasteiger partial charge in [0, 0.05) is 27.8 Å². The van der Waals surface area contributed by atoms with Crippen LogP contribution in [0.1, 0.15) is 36.6 Å². The lowest BCUT2D eigenvalue weighted by Crippen LogP contribution is -2.33. The van der Waals surface area contributed by atoms with Crippen LogP contribution < -0.4 is 5.32 Å². The molecule has 0 fully saturated rings. The van der Waals surface area contributed by atoms with E-state index in [-0.39, 0.29) is 5.41 Å². The van der Waals surface area contributed by atoms with E-state index in [4.69, 9.17) is 0 Å². The van der Waals surface area contributed by atoms with Crippen molar-refractivity contribution in [2.45, 2.75) is 32.2 Å². The van der Waals surface area contributed by atoms with E-state index in [9.17, 15) is 0 Å². The van der Waals surface area contributed by atoms with Crippen LogP contribution in [0.2, 0.25) is 0 Å². The molecule has 0 amide bonds. The fraction of sp³-hybridized carbons (Fsp3) is 0.429. The first-order valence-corrected chi connectivity index (χ1v) is 8.50. The second-order valence-electron chi connectivity index (χ2n) is 5.11. The van der Waals surface area contributed by atoms with Crippen LogP contribution in [0.4, 0.5) is 0 Å². The molecule has 0 spiro atoms. The largest absolute Gasteiger partial charge is 0.309 e. The predicted octanol–water partition coefficient (Wildman–Crippen LogP) is 5.20. The van der Waals surface area contributed by atoms with E-state index >= 15 is 0 Å². The quantitative estimate of drug-likeness (QED) is 0.786. The van der Waals surface area contributed by atoms with Gasteiger partial charge in [-0.15, -0.1) is 22.7 Å². The van der Waals surface area contributed by atoms with Crippen molar-refractivity contribution < 1.29 is 0 Å². The van der Waals surface area contributed by atoms with E-state index in [1.54, 1.807) is 11.3 Å². The van der Waals surface area contributed by atoms with E-state index in [1.807, 2.05) is 11.3 Å². The highest BCUT2D eigenvalue weighted by Crippen LogP contribution is 2.30. The molecule has 1 unspecified atom stereocenters. The van der Waals surface area contributed by atoms with Crippen molar-refractivity contribution in [2.75, 3.05) is 6.54 Å². The molecule has 4 heteroatoms. The smallest absolute Gasteiger partial charge is 0.0701 e. The van der Waals surface area contributed by atoms with Crippen molar-refractivity contribution in [3.05, 3.63) is 43.2 Å². The molecule has 2 heterocycles. The summed E-state index contributed by atoms with van der Waals surface area (Å²) in [6.45, 7) is 7.80. The molecule has 0 saturated carbocycles. The van der Waals surface area contributed by atoms with Gasteiger partial charge in [0.05, 0.1) is 3.79 Å². The third-order valence-corrected chi connectivity index (χ3v) is 6.10. The third-order valence-electron chi connectivity index (χ3n) is 3.06. The fourth-order valence-corrected chi connectivity index (χ4v) is 4.12. The number of thiophene rings is 2. The summed E-state index contributed by atoms with van der Waals surface area (Å²) >= 11 is 7.15. The molecule has 98 valence electrons. The van der Waals surface area contributed by atoms with Gasteiger partial charge in [0.25, 0.3) is 0 Å². The first-order chi connectivity index (χ1) is 8.49. The molecule has 2 rings (SSSR count). The van der Waals surface area contributed by atoms with Gasteiger partial charge in [-0.25, -0.2) is 0 Å². The van der Waals surface area contributed by atoms with Gasteiger partial charge in [-0.1, -0.05) is 19.9 Å². The maximum absolute atomic E-state index is 3.64. The van der Waals surface area contributed by atoms with Gasteiger partial charge in [-0.05, 0) is 46.4 Å². The molecule has 0 aliphatic carbocycles. The topological polar surface area (TPSA) is 12.0 Å². The van der Waals surface area contributed by atoms with Crippen LogP contribution in [0.5, 0.6) is 0 Å². The van der Waals surface area contributed by atoms with Crippen LogP contribution in [0, 0.1) is 0 Å². The highest BCUT2D eigenvalue weighted by molar-refractivity contribution is 9.11. The number of nitrogens with one attached hydrogen (secondary N) is 1. The lowest BCUT2D eigenvalue weighted by atomic mass is 9.91. The molecule has 1 nitrogen and oxygen atoms in total. The average Bonchev–Trinajstić information content (AvgIpc) is 2.96. The van der Waals surface area contributed by atoms with Crippen molar-refractivity contribution in [2.24, 2.45) is 0 Å². The van der Waals surface area contributed by atoms with Crippen LogP contribution in [-0.4, -0.2) is 6.54 Å². The molecular weight excluding hydrogens is 326 g/mol. The first-order valence-electron chi connectivity index (χ1n) is 6.01. The van der Waals surface area contributed by atoms with Crippen LogP contribution in [0.3, 0.4) is 0 Å². The van der Waals surface area contributed by atoms with E-state index in [1.165, 1.54) is 13.5 Å². The maximum atomic E-state index is 3.64. The minimum atomic E-state index is 0.191. The van der Waals surface area contributed by atoms with Gasteiger partial charge in [0.1, 0.15) is 0 Å². The Morgan fingerprint density at radius 2 is 2.11 bits per heavy atom. The van der Waals surface area contributed by atoms with Gasteiger partial charge in [-0.3, -0.25) is 0 Å². The Bertz CT molecular complexity index is 488. The second kappa shape index (κ2) is 5.87. The molecule has 1 N–H and O–H groups in total. The van der Waals surface area contributed by atoms with E-state index in [0.29, 0.717) is 6.04 Å². The highest BCUT2D eigenvalue weighted by atomic mass is 79.9. The van der Waals surface area contributed by atoms with Crippen LogP contribution in [0.15, 0.2) is 33.4 Å². The normalized spacial score (nSPS) is 13.8. The summed E-state index contributed by atoms with van der Waals surface area (Å²) in [7, 11) is 0. The summed E-state index contributed by atoms with van der Waals surface area (Å²) in [6, 6.07) is 9.05. The van der Waals surface area contributed by atoms with E-state index in [2.05, 4.69) is 71.7 Å². The molecule has 0 aliphatic heterocycles. The van der Waals surface area contributed by atoms with Crippen molar-refractivity contribution in [3.63, 3.8) is 0 Å². The van der Waals surface area contributed by atoms with Gasteiger partial charge in [0.2, 0.25) is 0 Å². The molecule has 0 saturated heterocycles. The Balaban J connectivity index is 1.95. The first kappa shape index (κ1) is 14.3. The Kier molecular flexibility index (Phi) is 4.64. The minimum Gasteiger partial charge on any atom is -0.309 e. The summed E-state index contributed by atoms with van der Waals surface area (Å²) in [4.78, 5) is 2.82. The zero-order valence-electron chi connectivity index (χ0n) is 10.9. The standard InChI is InChI=1S/C14H18BrNS2/c1-10(11-6-7-13(15)18-11)16-9-14(2,3)12-5-4-8-17-12/h4-8,10,16H,9H2,1-3H3. The van der Waals surface area contributed by atoms with Crippen molar-refractivity contribution in [1.82, 2.24) is 5.32 Å². The van der Waals surface area contributed by atoms with Gasteiger partial charge < -0.3 is 5.32 Å². The molecular formula is C14H18BrNS2. The van der Waals surface area contributed by atoms with Crippen molar-refractivity contribution in [3.8, 4) is 0 Å². The monoisotopic (exact) mass is 343 g/mol. The molecule has 0 radical (unpaired) electrons. The molecule has 2 aromatic heterocycles. The summed E-state index contributed by atoms with van der Waals surface area (Å²) in [5.74, 6) is 0. The third kappa shape index (κ3) is 3.44. The van der Waals surface area contributed by atoms with Crippen LogP contribution >= 0.6 is 38.6 Å². The summed E-state index contributed by atoms with van der Waals surface area (Å²) < 4.78 is 1.20. The number of rotatable bonds is 5. The molecule has 0 aromatic carbocycles. The predicted molar refractivity (Wildman–Crippen MR) is 85.8 cm³/mol. The Morgan fingerprint density at radius 3 is 2.67 bits per heavy atom. The Morgan fingerprint density at radius 1 is 1.33 bits per heavy atom. The van der Waals surface area contributed by atoms with Crippen LogP contribution in [-0.2, 0) is 5.41 Å². The number of hydrogen-bond acceptors (Lipinski definition) is 3. The van der Waals surface area contributed by atoms with Gasteiger partial charge in [0.15, 0.2) is 0 Å². The van der Waals surface area contributed by atoms with E-state index in [0.717, 1.165) is 6.54 Å². The lowest BCUT2D eigenvalue weighted by molar-refractivity contribution is 0.444. The lowest BCUT2D eigenvalue weighted by Gasteiger charge is -2.26. The maximum Gasteiger partial charge on any atom is 0.0701 e. The Hall–Kier alpha value is -0.160. The zero-order chi connectivity index (χ0) is 13.2. The van der Waals surface area contributed by atoms with Crippen molar-refractivity contribution >= 4 is 38.6 Å². The molecule has 2 aromatic rings.